The number of rotatable bonds is 8. The molecule has 4 heterocycles. The summed E-state index contributed by atoms with van der Waals surface area (Å²) in [6.07, 6.45) is 17.5. The summed E-state index contributed by atoms with van der Waals surface area (Å²) in [6, 6.07) is 15.2. The third-order valence-electron chi connectivity index (χ3n) is 11.1. The van der Waals surface area contributed by atoms with E-state index >= 15 is 0 Å². The van der Waals surface area contributed by atoms with Crippen LogP contribution in [0.1, 0.15) is 73.6 Å². The topological polar surface area (TPSA) is 92.4 Å². The van der Waals surface area contributed by atoms with Crippen LogP contribution in [0.25, 0.3) is 21.8 Å². The SMILES string of the molecule is CCCN1C[C@H](CSC)C[C@@H]2c3cccc4[nH]cc(c34)C[C@H]21.CCCN1C[C@H](CSC)C[C@@H]2c3cccc4[nH]cc(c34)C[C@H]21.CS(=O)(=O)O. The summed E-state index contributed by atoms with van der Waals surface area (Å²) in [7, 11) is -3.67. The minimum absolute atomic E-state index is 0.715. The van der Waals surface area contributed by atoms with Crippen LogP contribution in [-0.2, 0) is 23.0 Å². The van der Waals surface area contributed by atoms with E-state index in [1.54, 1.807) is 11.1 Å². The zero-order chi connectivity index (χ0) is 34.7. The highest BCUT2D eigenvalue weighted by molar-refractivity contribution is 7.98. The van der Waals surface area contributed by atoms with Crippen molar-refractivity contribution < 1.29 is 13.0 Å². The predicted octanol–water partition coefficient (Wildman–Crippen LogP) is 8.05. The fraction of sp³-hybridized carbons (Fsp3) is 0.590. The van der Waals surface area contributed by atoms with Crippen molar-refractivity contribution in [3.63, 3.8) is 0 Å². The molecule has 7 nitrogen and oxygen atoms in total. The third-order valence-corrected chi connectivity index (χ3v) is 12.8. The lowest BCUT2D eigenvalue weighted by Crippen LogP contribution is -2.50. The summed E-state index contributed by atoms with van der Waals surface area (Å²) in [6.45, 7) is 9.73. The molecule has 2 fully saturated rings. The fourth-order valence-electron chi connectivity index (χ4n) is 9.60. The fourth-order valence-corrected chi connectivity index (χ4v) is 11.0. The van der Waals surface area contributed by atoms with E-state index in [-0.39, 0.29) is 0 Å². The molecule has 4 aromatic rings. The highest BCUT2D eigenvalue weighted by atomic mass is 32.2. The molecule has 0 saturated carbocycles. The van der Waals surface area contributed by atoms with E-state index < -0.39 is 10.1 Å². The molecule has 0 spiro atoms. The highest BCUT2D eigenvalue weighted by Gasteiger charge is 2.41. The monoisotopic (exact) mass is 724 g/mol. The third kappa shape index (κ3) is 8.25. The Labute approximate surface area is 302 Å². The van der Waals surface area contributed by atoms with Crippen molar-refractivity contribution in [3.8, 4) is 0 Å². The first-order chi connectivity index (χ1) is 23.6. The van der Waals surface area contributed by atoms with Crippen molar-refractivity contribution in [2.45, 2.75) is 76.3 Å². The van der Waals surface area contributed by atoms with Gasteiger partial charge in [0.2, 0.25) is 0 Å². The van der Waals surface area contributed by atoms with Gasteiger partial charge in [-0.05, 0) is 122 Å². The second kappa shape index (κ2) is 16.2. The van der Waals surface area contributed by atoms with Crippen molar-refractivity contribution in [2.24, 2.45) is 11.8 Å². The molecule has 4 aliphatic rings. The van der Waals surface area contributed by atoms with Gasteiger partial charge in [0.15, 0.2) is 0 Å². The Morgan fingerprint density at radius 1 is 0.755 bits per heavy atom. The van der Waals surface area contributed by atoms with E-state index in [1.807, 2.05) is 23.5 Å². The van der Waals surface area contributed by atoms with Crippen molar-refractivity contribution in [1.29, 1.82) is 0 Å². The number of hydrogen-bond acceptors (Lipinski definition) is 6. The molecular weight excluding hydrogens is 669 g/mol. The number of nitrogens with one attached hydrogen (secondary N) is 2. The second-order valence-electron chi connectivity index (χ2n) is 14.8. The van der Waals surface area contributed by atoms with Gasteiger partial charge < -0.3 is 9.97 Å². The molecule has 0 bridgehead atoms. The Balaban J connectivity index is 0.000000150. The standard InChI is InChI=1S/2C19H26N2S.CH4O3S/c2*1-3-7-21-11-13(12-22-2)8-16-15-5-4-6-17-19(15)14(10-20-17)9-18(16)21;1-5(2,3)4/h2*4-6,10,13,16,18,20H,3,7-9,11-12H2,1-2H3;1H3,(H,2,3,4)/t2*13-,16-,18-;/m11./s1. The Bertz CT molecular complexity index is 1680. The van der Waals surface area contributed by atoms with Gasteiger partial charge in [0, 0.05) is 71.2 Å². The normalized spacial score (nSPS) is 26.3. The van der Waals surface area contributed by atoms with E-state index in [0.717, 1.165) is 23.7 Å². The van der Waals surface area contributed by atoms with Crippen LogP contribution in [0.15, 0.2) is 48.8 Å². The van der Waals surface area contributed by atoms with E-state index in [0.29, 0.717) is 18.3 Å². The van der Waals surface area contributed by atoms with E-state index in [2.05, 4.69) is 94.9 Å². The van der Waals surface area contributed by atoms with Crippen LogP contribution < -0.4 is 0 Å². The molecule has 6 atom stereocenters. The number of nitrogens with zero attached hydrogens (tertiary/aromatic N) is 2. The van der Waals surface area contributed by atoms with Crippen molar-refractivity contribution in [3.05, 3.63) is 71.0 Å². The number of piperidine rings is 2. The number of benzene rings is 2. The number of likely N-dealkylation sites (tertiary alicyclic amines) is 2. The molecule has 2 aromatic carbocycles. The maximum Gasteiger partial charge on any atom is 0.261 e. The van der Waals surface area contributed by atoms with Gasteiger partial charge in [0.1, 0.15) is 0 Å². The molecule has 0 amide bonds. The van der Waals surface area contributed by atoms with Gasteiger partial charge in [-0.3, -0.25) is 14.4 Å². The molecule has 0 unspecified atom stereocenters. The van der Waals surface area contributed by atoms with Gasteiger partial charge in [-0.1, -0.05) is 38.1 Å². The second-order valence-corrected chi connectivity index (χ2v) is 18.0. The number of aromatic nitrogens is 2. The van der Waals surface area contributed by atoms with E-state index in [9.17, 15) is 8.42 Å². The Morgan fingerprint density at radius 3 is 1.53 bits per heavy atom. The molecule has 10 heteroatoms. The summed E-state index contributed by atoms with van der Waals surface area (Å²) < 4.78 is 25.9. The lowest BCUT2D eigenvalue weighted by Gasteiger charge is -2.47. The molecule has 0 radical (unpaired) electrons. The summed E-state index contributed by atoms with van der Waals surface area (Å²) in [5, 5.41) is 3.06. The number of hydrogen-bond donors (Lipinski definition) is 3. The molecular formula is C39H56N4O3S3. The quantitative estimate of drug-likeness (QED) is 0.159. The predicted molar refractivity (Wildman–Crippen MR) is 211 cm³/mol. The van der Waals surface area contributed by atoms with Crippen LogP contribution in [-0.4, -0.2) is 101 Å². The van der Waals surface area contributed by atoms with Crippen LogP contribution in [0, 0.1) is 11.8 Å². The molecule has 2 saturated heterocycles. The van der Waals surface area contributed by atoms with E-state index in [1.165, 1.54) is 109 Å². The zero-order valence-corrected chi connectivity index (χ0v) is 32.4. The minimum atomic E-state index is -3.67. The van der Waals surface area contributed by atoms with Crippen molar-refractivity contribution >= 4 is 55.4 Å². The number of H-pyrrole nitrogens is 2. The van der Waals surface area contributed by atoms with Gasteiger partial charge in [-0.25, -0.2) is 0 Å². The molecule has 2 aliphatic carbocycles. The summed E-state index contributed by atoms with van der Waals surface area (Å²) in [4.78, 5) is 12.6. The number of aromatic amines is 2. The highest BCUT2D eigenvalue weighted by Crippen LogP contribution is 2.46. The number of fused-ring (bicyclic) bond motifs is 4. The average Bonchev–Trinajstić information content (AvgIpc) is 3.68. The van der Waals surface area contributed by atoms with E-state index in [4.69, 9.17) is 4.55 Å². The summed E-state index contributed by atoms with van der Waals surface area (Å²) in [5.41, 5.74) is 8.96. The molecule has 268 valence electrons. The van der Waals surface area contributed by atoms with Gasteiger partial charge >= 0.3 is 0 Å². The van der Waals surface area contributed by atoms with Gasteiger partial charge in [-0.2, -0.15) is 31.9 Å². The Morgan fingerprint density at radius 2 is 1.16 bits per heavy atom. The average molecular weight is 725 g/mol. The summed E-state index contributed by atoms with van der Waals surface area (Å²) >= 11 is 4.03. The summed E-state index contributed by atoms with van der Waals surface area (Å²) in [5.74, 6) is 5.75. The largest absolute Gasteiger partial charge is 0.361 e. The van der Waals surface area contributed by atoms with Crippen LogP contribution in [0.3, 0.4) is 0 Å². The number of thioether (sulfide) groups is 2. The molecule has 8 rings (SSSR count). The first-order valence-electron chi connectivity index (χ1n) is 18.2. The van der Waals surface area contributed by atoms with Gasteiger partial charge in [0.25, 0.3) is 10.1 Å². The van der Waals surface area contributed by atoms with Gasteiger partial charge in [0.05, 0.1) is 6.26 Å². The molecule has 3 N–H and O–H groups in total. The molecule has 2 aliphatic heterocycles. The Kier molecular flexibility index (Phi) is 12.1. The first-order valence-corrected chi connectivity index (χ1v) is 22.8. The van der Waals surface area contributed by atoms with Crippen LogP contribution >= 0.6 is 23.5 Å². The smallest absolute Gasteiger partial charge is 0.261 e. The lowest BCUT2D eigenvalue weighted by atomic mass is 9.72. The van der Waals surface area contributed by atoms with Gasteiger partial charge in [-0.15, -0.1) is 0 Å². The maximum atomic E-state index is 9.19. The van der Waals surface area contributed by atoms with Crippen molar-refractivity contribution in [2.75, 3.05) is 56.5 Å². The van der Waals surface area contributed by atoms with Crippen LogP contribution in [0.2, 0.25) is 0 Å². The lowest BCUT2D eigenvalue weighted by molar-refractivity contribution is 0.0926. The Hall–Kier alpha value is -1.95. The van der Waals surface area contributed by atoms with Crippen LogP contribution in [0.4, 0.5) is 0 Å². The molecule has 2 aromatic heterocycles. The maximum absolute atomic E-state index is 9.19. The minimum Gasteiger partial charge on any atom is -0.361 e. The molecule has 49 heavy (non-hydrogen) atoms. The van der Waals surface area contributed by atoms with Crippen LogP contribution in [0.5, 0.6) is 0 Å². The van der Waals surface area contributed by atoms with Crippen molar-refractivity contribution in [1.82, 2.24) is 19.8 Å². The first kappa shape index (κ1) is 36.8. The zero-order valence-electron chi connectivity index (χ0n) is 30.0.